The van der Waals surface area contributed by atoms with Crippen LogP contribution in [0.3, 0.4) is 0 Å². The van der Waals surface area contributed by atoms with Crippen LogP contribution in [0.25, 0.3) is 0 Å². The third-order valence-electron chi connectivity index (χ3n) is 1.85. The summed E-state index contributed by atoms with van der Waals surface area (Å²) in [5.41, 5.74) is 0.00734. The quantitative estimate of drug-likeness (QED) is 0.550. The fourth-order valence-electron chi connectivity index (χ4n) is 1.20. The molecule has 76 valence electrons. The Hall–Kier alpha value is -1.43. The SMILES string of the molecule is Cc1c([N+](=O)[O-])cccc1S(C)(=O)=O. The van der Waals surface area contributed by atoms with Crippen LogP contribution in [-0.2, 0) is 9.84 Å². The number of hydrogen-bond acceptors (Lipinski definition) is 4. The molecule has 0 amide bonds. The topological polar surface area (TPSA) is 77.3 Å². The Bertz CT molecular complexity index is 478. The Labute approximate surface area is 81.4 Å². The molecule has 0 radical (unpaired) electrons. The molecule has 5 nitrogen and oxygen atoms in total. The van der Waals surface area contributed by atoms with Crippen molar-refractivity contribution in [1.82, 2.24) is 0 Å². The Morgan fingerprint density at radius 3 is 2.36 bits per heavy atom. The van der Waals surface area contributed by atoms with E-state index in [2.05, 4.69) is 0 Å². The maximum Gasteiger partial charge on any atom is 0.273 e. The van der Waals surface area contributed by atoms with Gasteiger partial charge in [-0.3, -0.25) is 10.1 Å². The highest BCUT2D eigenvalue weighted by Crippen LogP contribution is 2.24. The van der Waals surface area contributed by atoms with Crippen LogP contribution >= 0.6 is 0 Å². The molecule has 14 heavy (non-hydrogen) atoms. The van der Waals surface area contributed by atoms with E-state index in [-0.39, 0.29) is 16.1 Å². The molecule has 0 aliphatic heterocycles. The van der Waals surface area contributed by atoms with Gasteiger partial charge in [0.1, 0.15) is 0 Å². The fourth-order valence-corrected chi connectivity index (χ4v) is 2.19. The minimum Gasteiger partial charge on any atom is -0.258 e. The molecular formula is C8H9NO4S. The molecule has 1 aromatic carbocycles. The molecule has 0 saturated heterocycles. The zero-order valence-corrected chi connectivity index (χ0v) is 8.54. The number of hydrogen-bond donors (Lipinski definition) is 0. The number of nitrogens with zero attached hydrogens (tertiary/aromatic N) is 1. The lowest BCUT2D eigenvalue weighted by molar-refractivity contribution is -0.385. The molecule has 0 bridgehead atoms. The van der Waals surface area contributed by atoms with Gasteiger partial charge in [0.05, 0.1) is 9.82 Å². The molecule has 0 atom stereocenters. The highest BCUT2D eigenvalue weighted by molar-refractivity contribution is 7.90. The van der Waals surface area contributed by atoms with Crippen LogP contribution in [0.2, 0.25) is 0 Å². The summed E-state index contributed by atoms with van der Waals surface area (Å²) >= 11 is 0. The average molecular weight is 215 g/mol. The minimum atomic E-state index is -3.39. The largest absolute Gasteiger partial charge is 0.273 e. The molecule has 0 aliphatic rings. The van der Waals surface area contributed by atoms with E-state index in [1.54, 1.807) is 0 Å². The lowest BCUT2D eigenvalue weighted by Crippen LogP contribution is -2.02. The number of nitro benzene ring substituents is 1. The van der Waals surface area contributed by atoms with E-state index >= 15 is 0 Å². The van der Waals surface area contributed by atoms with Crippen molar-refractivity contribution in [2.45, 2.75) is 11.8 Å². The predicted molar refractivity (Wildman–Crippen MR) is 50.9 cm³/mol. The van der Waals surface area contributed by atoms with Crippen LogP contribution in [-0.4, -0.2) is 19.6 Å². The van der Waals surface area contributed by atoms with Gasteiger partial charge in [0.25, 0.3) is 5.69 Å². The van der Waals surface area contributed by atoms with Gasteiger partial charge in [0, 0.05) is 17.9 Å². The standard InChI is InChI=1S/C8H9NO4S/c1-6-7(9(10)11)4-3-5-8(6)14(2,12)13/h3-5H,1-2H3. The molecule has 0 saturated carbocycles. The molecule has 0 heterocycles. The predicted octanol–water partition coefficient (Wildman–Crippen LogP) is 1.31. The summed E-state index contributed by atoms with van der Waals surface area (Å²) in [6.07, 6.45) is 1.03. The van der Waals surface area contributed by atoms with Crippen molar-refractivity contribution in [3.05, 3.63) is 33.9 Å². The van der Waals surface area contributed by atoms with E-state index < -0.39 is 14.8 Å². The molecule has 0 fully saturated rings. The fraction of sp³-hybridized carbons (Fsp3) is 0.250. The van der Waals surface area contributed by atoms with Crippen molar-refractivity contribution < 1.29 is 13.3 Å². The third kappa shape index (κ3) is 1.90. The van der Waals surface area contributed by atoms with Crippen LogP contribution in [0.1, 0.15) is 5.56 Å². The Morgan fingerprint density at radius 2 is 1.93 bits per heavy atom. The van der Waals surface area contributed by atoms with Crippen molar-refractivity contribution in [2.24, 2.45) is 0 Å². The Morgan fingerprint density at radius 1 is 1.36 bits per heavy atom. The molecular weight excluding hydrogens is 206 g/mol. The molecule has 0 unspecified atom stereocenters. The molecule has 1 aromatic rings. The summed E-state index contributed by atoms with van der Waals surface area (Å²) in [5, 5.41) is 10.5. The number of nitro groups is 1. The summed E-state index contributed by atoms with van der Waals surface area (Å²) < 4.78 is 22.4. The van der Waals surface area contributed by atoms with E-state index in [4.69, 9.17) is 0 Å². The van der Waals surface area contributed by atoms with Crippen molar-refractivity contribution >= 4 is 15.5 Å². The Kier molecular flexibility index (Phi) is 2.57. The first-order valence-electron chi connectivity index (χ1n) is 3.78. The van der Waals surface area contributed by atoms with Crippen LogP contribution in [0.5, 0.6) is 0 Å². The first-order chi connectivity index (χ1) is 6.34. The highest BCUT2D eigenvalue weighted by atomic mass is 32.2. The van der Waals surface area contributed by atoms with Gasteiger partial charge in [0.15, 0.2) is 9.84 Å². The minimum absolute atomic E-state index is 0.00620. The van der Waals surface area contributed by atoms with Crippen LogP contribution < -0.4 is 0 Å². The zero-order chi connectivity index (χ0) is 10.9. The van der Waals surface area contributed by atoms with Crippen LogP contribution in [0.4, 0.5) is 5.69 Å². The summed E-state index contributed by atoms with van der Waals surface area (Å²) in [6, 6.07) is 4.00. The van der Waals surface area contributed by atoms with Gasteiger partial charge in [-0.2, -0.15) is 0 Å². The van der Waals surface area contributed by atoms with Crippen molar-refractivity contribution in [2.75, 3.05) is 6.26 Å². The smallest absolute Gasteiger partial charge is 0.258 e. The zero-order valence-electron chi connectivity index (χ0n) is 7.72. The summed E-state index contributed by atoms with van der Waals surface area (Å²) in [5.74, 6) is 0. The average Bonchev–Trinajstić information content (AvgIpc) is 2.01. The lowest BCUT2D eigenvalue weighted by Gasteiger charge is -2.02. The van der Waals surface area contributed by atoms with Gasteiger partial charge in [-0.05, 0) is 13.0 Å². The number of sulfone groups is 1. The van der Waals surface area contributed by atoms with E-state index in [0.717, 1.165) is 6.26 Å². The van der Waals surface area contributed by atoms with Gasteiger partial charge >= 0.3 is 0 Å². The monoisotopic (exact) mass is 215 g/mol. The second-order valence-electron chi connectivity index (χ2n) is 2.93. The van der Waals surface area contributed by atoms with Crippen LogP contribution in [0, 0.1) is 17.0 Å². The molecule has 0 spiro atoms. The molecule has 1 rings (SSSR count). The summed E-state index contributed by atoms with van der Waals surface area (Å²) in [4.78, 5) is 9.92. The normalized spacial score (nSPS) is 11.3. The highest BCUT2D eigenvalue weighted by Gasteiger charge is 2.18. The number of benzene rings is 1. The molecule has 0 N–H and O–H groups in total. The van der Waals surface area contributed by atoms with E-state index in [0.29, 0.717) is 0 Å². The van der Waals surface area contributed by atoms with Crippen molar-refractivity contribution in [3.63, 3.8) is 0 Å². The Balaban J connectivity index is 3.51. The van der Waals surface area contributed by atoms with Crippen molar-refractivity contribution in [1.29, 1.82) is 0 Å². The summed E-state index contributed by atoms with van der Waals surface area (Å²) in [7, 11) is -3.39. The molecule has 6 heteroatoms. The molecule has 0 aliphatic carbocycles. The summed E-state index contributed by atoms with van der Waals surface area (Å²) in [6.45, 7) is 1.43. The second kappa shape index (κ2) is 3.38. The first-order valence-corrected chi connectivity index (χ1v) is 5.67. The maximum absolute atomic E-state index is 11.2. The van der Waals surface area contributed by atoms with E-state index in [1.807, 2.05) is 0 Å². The van der Waals surface area contributed by atoms with Gasteiger partial charge in [0.2, 0.25) is 0 Å². The van der Waals surface area contributed by atoms with E-state index in [1.165, 1.54) is 25.1 Å². The lowest BCUT2D eigenvalue weighted by atomic mass is 10.2. The second-order valence-corrected chi connectivity index (χ2v) is 4.91. The van der Waals surface area contributed by atoms with Gasteiger partial charge in [-0.25, -0.2) is 8.42 Å². The van der Waals surface area contributed by atoms with Crippen LogP contribution in [0.15, 0.2) is 23.1 Å². The van der Waals surface area contributed by atoms with Gasteiger partial charge in [-0.1, -0.05) is 6.07 Å². The van der Waals surface area contributed by atoms with Gasteiger partial charge in [-0.15, -0.1) is 0 Å². The first kappa shape index (κ1) is 10.6. The van der Waals surface area contributed by atoms with E-state index in [9.17, 15) is 18.5 Å². The molecule has 0 aromatic heterocycles. The number of rotatable bonds is 2. The van der Waals surface area contributed by atoms with Gasteiger partial charge < -0.3 is 0 Å². The maximum atomic E-state index is 11.2. The third-order valence-corrected chi connectivity index (χ3v) is 3.09. The van der Waals surface area contributed by atoms with Crippen molar-refractivity contribution in [3.8, 4) is 0 Å².